The monoisotopic (exact) mass is 991 g/mol. The van der Waals surface area contributed by atoms with Gasteiger partial charge in [-0.1, -0.05) is 194 Å². The molecule has 0 saturated carbocycles. The van der Waals surface area contributed by atoms with Crippen LogP contribution in [0.2, 0.25) is 0 Å². The number of hydrogen-bond acceptors (Lipinski definition) is 1. The maximum absolute atomic E-state index is 2.60. The maximum atomic E-state index is 2.60. The fourth-order valence-corrected chi connectivity index (χ4v) is 13.8. The summed E-state index contributed by atoms with van der Waals surface area (Å²) in [5.74, 6) is 0. The van der Waals surface area contributed by atoms with Crippen LogP contribution >= 0.6 is 0 Å². The molecule has 0 N–H and O–H groups in total. The highest BCUT2D eigenvalue weighted by molar-refractivity contribution is 6.99. The number of fused-ring (bicyclic) bond motifs is 14. The fourth-order valence-electron chi connectivity index (χ4n) is 13.8. The topological polar surface area (TPSA) is 23.0 Å². The van der Waals surface area contributed by atoms with Gasteiger partial charge in [-0.05, 0) is 101 Å². The summed E-state index contributed by atoms with van der Waals surface area (Å²) in [7, 11) is 0. The Morgan fingerprint density at radius 2 is 0.410 bits per heavy atom. The molecule has 0 aliphatic carbocycles. The largest absolute Gasteiger partial charge is 0.310 e. The second kappa shape index (κ2) is 16.6. The van der Waals surface area contributed by atoms with E-state index < -0.39 is 0 Å². The van der Waals surface area contributed by atoms with E-state index in [1.807, 2.05) is 0 Å². The van der Waals surface area contributed by atoms with Gasteiger partial charge >= 0.3 is 0 Å². The molecular weight excluding hydrogens is 946 g/mol. The lowest BCUT2D eigenvalue weighted by molar-refractivity contribution is 1.10. The first-order valence-electron chi connectivity index (χ1n) is 27.0. The van der Waals surface area contributed by atoms with Crippen LogP contribution in [0.4, 0.5) is 17.1 Å². The number of aromatic nitrogens is 4. The van der Waals surface area contributed by atoms with Gasteiger partial charge in [0, 0.05) is 65.8 Å². The third kappa shape index (κ3) is 5.91. The minimum atomic E-state index is -0.225. The van der Waals surface area contributed by atoms with Gasteiger partial charge in [0.05, 0.1) is 61.2 Å². The number of para-hydroxylation sites is 11. The van der Waals surface area contributed by atoms with Crippen molar-refractivity contribution >= 4 is 127 Å². The summed E-state index contributed by atoms with van der Waals surface area (Å²) in [6, 6.07) is 104. The SMILES string of the molecule is c1ccc2c(c1)B(c1c(-n3c4ccccc4c4ccccc43)cccc1-n1c3ccccc3c3ccccc31)c1ccccc1N2c1c(-n2c3ccccc3c3ccccc32)cccc1-n1c2ccccc2c2ccccc21. The fraction of sp³-hybridized carbons (Fsp3) is 0. The first-order chi connectivity index (χ1) is 38.8. The van der Waals surface area contributed by atoms with E-state index in [2.05, 4.69) is 302 Å². The molecule has 5 heterocycles. The predicted molar refractivity (Wildman–Crippen MR) is 330 cm³/mol. The van der Waals surface area contributed by atoms with Gasteiger partial charge in [0.15, 0.2) is 0 Å². The van der Waals surface area contributed by atoms with E-state index in [4.69, 9.17) is 0 Å². The lowest BCUT2D eigenvalue weighted by Crippen LogP contribution is -2.59. The van der Waals surface area contributed by atoms with Crippen LogP contribution in [-0.2, 0) is 0 Å². The predicted octanol–water partition coefficient (Wildman–Crippen LogP) is 16.4. The summed E-state index contributed by atoms with van der Waals surface area (Å²) in [6.07, 6.45) is 0. The normalized spacial score (nSPS) is 12.6. The van der Waals surface area contributed by atoms with Gasteiger partial charge in [0.25, 0.3) is 6.71 Å². The van der Waals surface area contributed by atoms with Gasteiger partial charge in [-0.15, -0.1) is 0 Å². The highest BCUT2D eigenvalue weighted by Crippen LogP contribution is 2.48. The standard InChI is InChI=1S/C72H46BN5/c1-11-33-57-47(23-1)48-24-2-12-34-58(48)74(57)67-43-21-44-68(75-59-35-13-3-25-49(59)50-26-4-14-36-60(50)75)71(67)73-55-31-9-19-41-65(55)78(66-42-20-10-32-56(66)73)72-69(76-61-37-15-5-27-51(61)52-28-6-16-38-62(52)76)45-22-46-70(72)77-63-39-17-7-29-53(63)54-30-8-18-40-64(54)77/h1-46H. The first-order valence-corrected chi connectivity index (χ1v) is 27.0. The summed E-state index contributed by atoms with van der Waals surface area (Å²) in [5.41, 5.74) is 20.8. The molecule has 0 saturated heterocycles. The Morgan fingerprint density at radius 3 is 0.705 bits per heavy atom. The first kappa shape index (κ1) is 43.0. The van der Waals surface area contributed by atoms with E-state index in [9.17, 15) is 0 Å². The van der Waals surface area contributed by atoms with Crippen molar-refractivity contribution in [3.05, 3.63) is 279 Å². The van der Waals surface area contributed by atoms with Crippen molar-refractivity contribution in [2.24, 2.45) is 0 Å². The van der Waals surface area contributed by atoms with E-state index in [-0.39, 0.29) is 6.71 Å². The van der Waals surface area contributed by atoms with Crippen molar-refractivity contribution in [3.63, 3.8) is 0 Å². The summed E-state index contributed by atoms with van der Waals surface area (Å²) in [6.45, 7) is -0.225. The Morgan fingerprint density at radius 1 is 0.192 bits per heavy atom. The second-order valence-electron chi connectivity index (χ2n) is 20.7. The highest BCUT2D eigenvalue weighted by Gasteiger charge is 2.40. The van der Waals surface area contributed by atoms with Gasteiger partial charge in [0.2, 0.25) is 0 Å². The minimum absolute atomic E-state index is 0.225. The van der Waals surface area contributed by atoms with Gasteiger partial charge in [0.1, 0.15) is 0 Å². The summed E-state index contributed by atoms with van der Waals surface area (Å²) in [4.78, 5) is 2.60. The van der Waals surface area contributed by atoms with Crippen LogP contribution in [-0.4, -0.2) is 25.0 Å². The second-order valence-corrected chi connectivity index (χ2v) is 20.7. The van der Waals surface area contributed by atoms with Crippen molar-refractivity contribution in [1.82, 2.24) is 18.3 Å². The summed E-state index contributed by atoms with van der Waals surface area (Å²) >= 11 is 0. The number of hydrogen-bond donors (Lipinski definition) is 0. The Labute approximate surface area is 450 Å². The molecule has 17 rings (SSSR count). The number of nitrogens with zero attached hydrogens (tertiary/aromatic N) is 5. The third-order valence-corrected chi connectivity index (χ3v) is 16.8. The molecule has 0 fully saturated rings. The van der Waals surface area contributed by atoms with Crippen LogP contribution < -0.4 is 21.3 Å². The Bertz CT molecular complexity index is 4300. The minimum Gasteiger partial charge on any atom is -0.310 e. The maximum Gasteiger partial charge on any atom is 0.252 e. The van der Waals surface area contributed by atoms with Crippen LogP contribution in [0.25, 0.3) is 110 Å². The van der Waals surface area contributed by atoms with Gasteiger partial charge < -0.3 is 23.2 Å². The molecular formula is C72H46BN5. The Hall–Kier alpha value is -10.3. The lowest BCUT2D eigenvalue weighted by Gasteiger charge is -2.40. The Balaban J connectivity index is 1.02. The smallest absolute Gasteiger partial charge is 0.252 e. The van der Waals surface area contributed by atoms with Crippen molar-refractivity contribution in [2.45, 2.75) is 0 Å². The molecule has 4 aromatic heterocycles. The molecule has 1 aliphatic rings. The van der Waals surface area contributed by atoms with E-state index in [1.54, 1.807) is 0 Å². The van der Waals surface area contributed by atoms with Crippen LogP contribution in [0.5, 0.6) is 0 Å². The van der Waals surface area contributed by atoms with Crippen molar-refractivity contribution < 1.29 is 0 Å². The average Bonchev–Trinajstić information content (AvgIpc) is 4.37. The highest BCUT2D eigenvalue weighted by atomic mass is 15.2. The van der Waals surface area contributed by atoms with Gasteiger partial charge in [-0.3, -0.25) is 0 Å². The van der Waals surface area contributed by atoms with Gasteiger partial charge in [-0.25, -0.2) is 0 Å². The summed E-state index contributed by atoms with van der Waals surface area (Å²) < 4.78 is 10.1. The molecule has 16 aromatic rings. The lowest BCUT2D eigenvalue weighted by atomic mass is 9.34. The number of anilines is 3. The molecule has 0 amide bonds. The molecule has 0 spiro atoms. The van der Waals surface area contributed by atoms with Crippen LogP contribution in [0.1, 0.15) is 0 Å². The molecule has 78 heavy (non-hydrogen) atoms. The zero-order valence-corrected chi connectivity index (χ0v) is 42.4. The molecule has 0 unspecified atom stereocenters. The molecule has 0 bridgehead atoms. The van der Waals surface area contributed by atoms with E-state index in [1.165, 1.54) is 81.5 Å². The number of benzene rings is 12. The zero-order chi connectivity index (χ0) is 51.0. The third-order valence-electron chi connectivity index (χ3n) is 16.8. The van der Waals surface area contributed by atoms with Crippen LogP contribution in [0.15, 0.2) is 279 Å². The molecule has 12 aromatic carbocycles. The molecule has 1 aliphatic heterocycles. The van der Waals surface area contributed by atoms with Crippen LogP contribution in [0.3, 0.4) is 0 Å². The average molecular weight is 992 g/mol. The van der Waals surface area contributed by atoms with E-state index in [0.29, 0.717) is 0 Å². The van der Waals surface area contributed by atoms with Crippen molar-refractivity contribution in [2.75, 3.05) is 4.90 Å². The molecule has 6 heteroatoms. The summed E-state index contributed by atoms with van der Waals surface area (Å²) in [5, 5.41) is 9.82. The molecule has 0 atom stereocenters. The van der Waals surface area contributed by atoms with E-state index >= 15 is 0 Å². The van der Waals surface area contributed by atoms with Crippen molar-refractivity contribution in [1.29, 1.82) is 0 Å². The molecule has 0 radical (unpaired) electrons. The van der Waals surface area contributed by atoms with Crippen molar-refractivity contribution in [3.8, 4) is 22.7 Å². The molecule has 5 nitrogen and oxygen atoms in total. The molecule has 362 valence electrons. The quantitative estimate of drug-likeness (QED) is 0.152. The Kier molecular flexibility index (Phi) is 9.15. The van der Waals surface area contributed by atoms with Gasteiger partial charge in [-0.2, -0.15) is 0 Å². The zero-order valence-electron chi connectivity index (χ0n) is 42.4. The number of rotatable bonds is 6. The van der Waals surface area contributed by atoms with E-state index in [0.717, 1.165) is 61.9 Å². The van der Waals surface area contributed by atoms with Crippen LogP contribution in [0, 0.1) is 0 Å².